The Bertz CT molecular complexity index is 556. The van der Waals surface area contributed by atoms with Crippen molar-refractivity contribution in [3.8, 4) is 0 Å². The second-order valence-electron chi connectivity index (χ2n) is 6.30. The SMILES string of the molecule is Cl.Cl.Fc1ccc(CN2CCC3(CC2)CNCCO3)cc1C(F)(F)F. The van der Waals surface area contributed by atoms with Gasteiger partial charge in [-0.05, 0) is 30.5 Å². The van der Waals surface area contributed by atoms with Crippen LogP contribution < -0.4 is 5.32 Å². The Morgan fingerprint density at radius 3 is 2.40 bits per heavy atom. The molecule has 0 atom stereocenters. The van der Waals surface area contributed by atoms with E-state index in [1.54, 1.807) is 0 Å². The lowest BCUT2D eigenvalue weighted by Gasteiger charge is -2.44. The number of benzene rings is 1. The largest absolute Gasteiger partial charge is 0.419 e. The fraction of sp³-hybridized carbons (Fsp3) is 0.625. The van der Waals surface area contributed by atoms with Gasteiger partial charge in [0, 0.05) is 32.7 Å². The van der Waals surface area contributed by atoms with Crippen LogP contribution in [0.15, 0.2) is 18.2 Å². The van der Waals surface area contributed by atoms with Crippen molar-refractivity contribution < 1.29 is 22.3 Å². The Balaban J connectivity index is 0.00000156. The van der Waals surface area contributed by atoms with E-state index >= 15 is 0 Å². The summed E-state index contributed by atoms with van der Waals surface area (Å²) in [5, 5.41) is 3.33. The van der Waals surface area contributed by atoms with E-state index in [0.717, 1.165) is 51.2 Å². The molecule has 0 amide bonds. The molecule has 2 fully saturated rings. The number of nitrogens with one attached hydrogen (secondary N) is 1. The van der Waals surface area contributed by atoms with Gasteiger partial charge < -0.3 is 10.1 Å². The number of piperidine rings is 1. The molecular weight excluding hydrogens is 383 g/mol. The van der Waals surface area contributed by atoms with Crippen LogP contribution in [-0.4, -0.2) is 43.3 Å². The molecule has 2 aliphatic rings. The number of hydrogen-bond acceptors (Lipinski definition) is 3. The lowest BCUT2D eigenvalue weighted by molar-refractivity contribution is -0.140. The summed E-state index contributed by atoms with van der Waals surface area (Å²) in [7, 11) is 0. The van der Waals surface area contributed by atoms with E-state index in [0.29, 0.717) is 18.7 Å². The molecule has 25 heavy (non-hydrogen) atoms. The summed E-state index contributed by atoms with van der Waals surface area (Å²) in [6.45, 7) is 4.32. The Kier molecular flexibility index (Phi) is 7.95. The molecule has 1 N–H and O–H groups in total. The first-order chi connectivity index (χ1) is 10.9. The highest BCUT2D eigenvalue weighted by Crippen LogP contribution is 2.33. The topological polar surface area (TPSA) is 24.5 Å². The van der Waals surface area contributed by atoms with Gasteiger partial charge in [-0.1, -0.05) is 6.07 Å². The zero-order valence-corrected chi connectivity index (χ0v) is 15.2. The third-order valence-corrected chi connectivity index (χ3v) is 4.64. The predicted octanol–water partition coefficient (Wildman–Crippen LogP) is 3.64. The first-order valence-electron chi connectivity index (χ1n) is 7.81. The van der Waals surface area contributed by atoms with Crippen molar-refractivity contribution in [1.29, 1.82) is 0 Å². The van der Waals surface area contributed by atoms with Gasteiger partial charge in [0.15, 0.2) is 0 Å². The van der Waals surface area contributed by atoms with Crippen LogP contribution in [0.25, 0.3) is 0 Å². The van der Waals surface area contributed by atoms with Crippen molar-refractivity contribution in [2.75, 3.05) is 32.8 Å². The molecule has 1 spiro atoms. The summed E-state index contributed by atoms with van der Waals surface area (Å²) in [4.78, 5) is 2.09. The molecule has 0 bridgehead atoms. The lowest BCUT2D eigenvalue weighted by Crippen LogP contribution is -2.55. The summed E-state index contributed by atoms with van der Waals surface area (Å²) >= 11 is 0. The highest BCUT2D eigenvalue weighted by Gasteiger charge is 2.37. The Morgan fingerprint density at radius 2 is 1.84 bits per heavy atom. The van der Waals surface area contributed by atoms with Gasteiger partial charge in [-0.3, -0.25) is 4.90 Å². The van der Waals surface area contributed by atoms with Crippen LogP contribution in [0.4, 0.5) is 17.6 Å². The van der Waals surface area contributed by atoms with Crippen LogP contribution in [0.3, 0.4) is 0 Å². The second-order valence-corrected chi connectivity index (χ2v) is 6.30. The van der Waals surface area contributed by atoms with Gasteiger partial charge in [-0.2, -0.15) is 13.2 Å². The van der Waals surface area contributed by atoms with Crippen molar-refractivity contribution in [3.63, 3.8) is 0 Å². The minimum Gasteiger partial charge on any atom is -0.372 e. The molecule has 2 aliphatic heterocycles. The van der Waals surface area contributed by atoms with Gasteiger partial charge in [0.2, 0.25) is 0 Å². The molecule has 3 rings (SSSR count). The monoisotopic (exact) mass is 404 g/mol. The van der Waals surface area contributed by atoms with E-state index in [1.165, 1.54) is 6.07 Å². The molecule has 2 heterocycles. The van der Waals surface area contributed by atoms with Crippen molar-refractivity contribution in [2.24, 2.45) is 0 Å². The highest BCUT2D eigenvalue weighted by atomic mass is 35.5. The summed E-state index contributed by atoms with van der Waals surface area (Å²) in [6.07, 6.45) is -2.95. The third-order valence-electron chi connectivity index (χ3n) is 4.64. The molecule has 1 aromatic carbocycles. The van der Waals surface area contributed by atoms with Crippen LogP contribution in [-0.2, 0) is 17.5 Å². The maximum Gasteiger partial charge on any atom is 0.419 e. The van der Waals surface area contributed by atoms with Gasteiger partial charge in [0.25, 0.3) is 0 Å². The number of halogens is 6. The fourth-order valence-corrected chi connectivity index (χ4v) is 3.29. The Hall–Kier alpha value is -0.600. The van der Waals surface area contributed by atoms with Gasteiger partial charge in [-0.15, -0.1) is 24.8 Å². The average molecular weight is 405 g/mol. The lowest BCUT2D eigenvalue weighted by atomic mass is 9.90. The predicted molar refractivity (Wildman–Crippen MR) is 92.0 cm³/mol. The molecule has 1 aromatic rings. The summed E-state index contributed by atoms with van der Waals surface area (Å²) < 4.78 is 57.5. The van der Waals surface area contributed by atoms with Crippen LogP contribution >= 0.6 is 24.8 Å². The maximum atomic E-state index is 13.3. The maximum absolute atomic E-state index is 13.3. The molecule has 0 radical (unpaired) electrons. The van der Waals surface area contributed by atoms with E-state index in [-0.39, 0.29) is 30.4 Å². The third kappa shape index (κ3) is 5.44. The number of rotatable bonds is 2. The fourth-order valence-electron chi connectivity index (χ4n) is 3.29. The molecule has 0 unspecified atom stereocenters. The number of likely N-dealkylation sites (tertiary alicyclic amines) is 1. The van der Waals surface area contributed by atoms with Gasteiger partial charge >= 0.3 is 6.18 Å². The van der Waals surface area contributed by atoms with E-state index in [2.05, 4.69) is 10.2 Å². The van der Waals surface area contributed by atoms with Crippen molar-refractivity contribution >= 4 is 24.8 Å². The van der Waals surface area contributed by atoms with Crippen molar-refractivity contribution in [2.45, 2.75) is 31.2 Å². The molecule has 9 heteroatoms. The van der Waals surface area contributed by atoms with E-state index < -0.39 is 17.6 Å². The van der Waals surface area contributed by atoms with Crippen LogP contribution in [0.1, 0.15) is 24.0 Å². The zero-order valence-electron chi connectivity index (χ0n) is 13.6. The average Bonchev–Trinajstić information content (AvgIpc) is 2.51. The normalized spacial score (nSPS) is 20.6. The van der Waals surface area contributed by atoms with Crippen LogP contribution in [0.5, 0.6) is 0 Å². The van der Waals surface area contributed by atoms with Gasteiger partial charge in [0.05, 0.1) is 17.8 Å². The zero-order chi connectivity index (χ0) is 16.5. The first-order valence-corrected chi connectivity index (χ1v) is 7.81. The molecule has 2 saturated heterocycles. The number of ether oxygens (including phenoxy) is 1. The van der Waals surface area contributed by atoms with Crippen LogP contribution in [0, 0.1) is 5.82 Å². The molecule has 3 nitrogen and oxygen atoms in total. The quantitative estimate of drug-likeness (QED) is 0.761. The van der Waals surface area contributed by atoms with Crippen LogP contribution in [0.2, 0.25) is 0 Å². The van der Waals surface area contributed by atoms with Gasteiger partial charge in [-0.25, -0.2) is 4.39 Å². The molecular formula is C16H22Cl2F4N2O. The highest BCUT2D eigenvalue weighted by molar-refractivity contribution is 5.85. The standard InChI is InChI=1S/C16H20F4N2O.2ClH/c17-14-2-1-12(9-13(14)16(18,19)20)10-22-6-3-15(4-7-22)11-21-5-8-23-15;;/h1-2,9,21H,3-8,10-11H2;2*1H. The molecule has 0 saturated carbocycles. The number of nitrogens with zero attached hydrogens (tertiary/aromatic N) is 1. The van der Waals surface area contributed by atoms with Crippen molar-refractivity contribution in [3.05, 3.63) is 35.1 Å². The van der Waals surface area contributed by atoms with E-state index in [9.17, 15) is 17.6 Å². The van der Waals surface area contributed by atoms with E-state index in [4.69, 9.17) is 4.74 Å². The number of alkyl halides is 3. The molecule has 0 aromatic heterocycles. The number of morpholine rings is 1. The van der Waals surface area contributed by atoms with Gasteiger partial charge in [0.1, 0.15) is 5.82 Å². The summed E-state index contributed by atoms with van der Waals surface area (Å²) in [5.41, 5.74) is -0.838. The van der Waals surface area contributed by atoms with Crippen molar-refractivity contribution in [1.82, 2.24) is 10.2 Å². The molecule has 0 aliphatic carbocycles. The molecule has 144 valence electrons. The summed E-state index contributed by atoms with van der Waals surface area (Å²) in [6, 6.07) is 3.24. The summed E-state index contributed by atoms with van der Waals surface area (Å²) in [5.74, 6) is -1.22. The first kappa shape index (κ1) is 22.4. The van der Waals surface area contributed by atoms with E-state index in [1.807, 2.05) is 0 Å². The second kappa shape index (κ2) is 8.86. The minimum atomic E-state index is -4.66. The Morgan fingerprint density at radius 1 is 1.16 bits per heavy atom. The minimum absolute atomic E-state index is 0. The number of hydrogen-bond donors (Lipinski definition) is 1. The Labute approximate surface area is 156 Å². The smallest absolute Gasteiger partial charge is 0.372 e.